The molecule has 0 spiro atoms. The maximum absolute atomic E-state index is 11.0. The number of hydrogen-bond acceptors (Lipinski definition) is 3. The Morgan fingerprint density at radius 2 is 2.35 bits per heavy atom. The fourth-order valence-corrected chi connectivity index (χ4v) is 2.32. The zero-order valence-electron chi connectivity index (χ0n) is 9.40. The second kappa shape index (κ2) is 4.94. The van der Waals surface area contributed by atoms with Crippen molar-refractivity contribution in [3.8, 4) is 5.75 Å². The number of amides is 1. The monoisotopic (exact) mass is 254 g/mol. The molecule has 1 atom stereocenters. The third-order valence-electron chi connectivity index (χ3n) is 3.09. The van der Waals surface area contributed by atoms with E-state index < -0.39 is 0 Å². The Labute approximate surface area is 105 Å². The Hall–Kier alpha value is -1.26. The second-order valence-electron chi connectivity index (χ2n) is 4.41. The largest absolute Gasteiger partial charge is 0.506 e. The van der Waals surface area contributed by atoms with Gasteiger partial charge in [0.1, 0.15) is 5.75 Å². The van der Waals surface area contributed by atoms with Crippen LogP contribution in [0.3, 0.4) is 0 Å². The number of carbonyl (C=O) groups is 1. The molecule has 1 heterocycles. The molecule has 1 aliphatic heterocycles. The molecule has 5 heteroatoms. The lowest BCUT2D eigenvalue weighted by atomic mass is 10.1. The number of hydrogen-bond donors (Lipinski definition) is 2. The molecule has 0 saturated carbocycles. The van der Waals surface area contributed by atoms with E-state index in [-0.39, 0.29) is 17.6 Å². The molecule has 0 bridgehead atoms. The summed E-state index contributed by atoms with van der Waals surface area (Å²) in [6, 6.07) is 5.16. The molecule has 0 aliphatic carbocycles. The van der Waals surface area contributed by atoms with Crippen LogP contribution in [0, 0.1) is 5.92 Å². The van der Waals surface area contributed by atoms with Gasteiger partial charge < -0.3 is 10.8 Å². The van der Waals surface area contributed by atoms with Crippen molar-refractivity contribution in [1.82, 2.24) is 4.90 Å². The minimum Gasteiger partial charge on any atom is -0.506 e. The number of nitrogens with two attached hydrogens (primary N) is 1. The van der Waals surface area contributed by atoms with Crippen molar-refractivity contribution in [3.05, 3.63) is 28.8 Å². The molecule has 2 rings (SSSR count). The fourth-order valence-electron chi connectivity index (χ4n) is 2.12. The van der Waals surface area contributed by atoms with Crippen molar-refractivity contribution in [2.45, 2.75) is 13.0 Å². The van der Waals surface area contributed by atoms with Crippen LogP contribution in [0.1, 0.15) is 12.0 Å². The van der Waals surface area contributed by atoms with Gasteiger partial charge in [0, 0.05) is 13.1 Å². The second-order valence-corrected chi connectivity index (χ2v) is 4.82. The van der Waals surface area contributed by atoms with Crippen molar-refractivity contribution in [2.24, 2.45) is 11.7 Å². The van der Waals surface area contributed by atoms with E-state index in [1.165, 1.54) is 0 Å². The van der Waals surface area contributed by atoms with E-state index in [4.69, 9.17) is 17.3 Å². The van der Waals surface area contributed by atoms with Crippen molar-refractivity contribution >= 4 is 17.5 Å². The molecule has 1 aromatic carbocycles. The summed E-state index contributed by atoms with van der Waals surface area (Å²) in [7, 11) is 0. The maximum Gasteiger partial charge on any atom is 0.221 e. The van der Waals surface area contributed by atoms with Crippen LogP contribution in [0.2, 0.25) is 5.02 Å². The Balaban J connectivity index is 1.98. The van der Waals surface area contributed by atoms with E-state index in [0.717, 1.165) is 25.1 Å². The lowest BCUT2D eigenvalue weighted by molar-refractivity contribution is -0.121. The number of benzene rings is 1. The SMILES string of the molecule is NC(=O)C1CCN(Cc2ccc(O)c(Cl)c2)C1. The van der Waals surface area contributed by atoms with Crippen LogP contribution < -0.4 is 5.73 Å². The van der Waals surface area contributed by atoms with Crippen LogP contribution in [0.5, 0.6) is 5.75 Å². The quantitative estimate of drug-likeness (QED) is 0.856. The molecule has 1 aliphatic rings. The third-order valence-corrected chi connectivity index (χ3v) is 3.40. The number of carbonyl (C=O) groups excluding carboxylic acids is 1. The van der Waals surface area contributed by atoms with Gasteiger partial charge in [0.15, 0.2) is 0 Å². The number of phenolic OH excluding ortho intramolecular Hbond substituents is 1. The summed E-state index contributed by atoms with van der Waals surface area (Å²) >= 11 is 5.84. The van der Waals surface area contributed by atoms with Gasteiger partial charge in [0.2, 0.25) is 5.91 Å². The lowest BCUT2D eigenvalue weighted by Gasteiger charge is -2.15. The molecule has 1 unspecified atom stereocenters. The van der Waals surface area contributed by atoms with Gasteiger partial charge in [0.25, 0.3) is 0 Å². The molecule has 3 N–H and O–H groups in total. The molecular formula is C12H15ClN2O2. The minimum atomic E-state index is -0.226. The van der Waals surface area contributed by atoms with Gasteiger partial charge in [-0.25, -0.2) is 0 Å². The smallest absolute Gasteiger partial charge is 0.221 e. The highest BCUT2D eigenvalue weighted by atomic mass is 35.5. The molecule has 1 fully saturated rings. The maximum atomic E-state index is 11.0. The zero-order chi connectivity index (χ0) is 12.4. The number of nitrogens with zero attached hydrogens (tertiary/aromatic N) is 1. The highest BCUT2D eigenvalue weighted by Crippen LogP contribution is 2.25. The van der Waals surface area contributed by atoms with E-state index in [1.54, 1.807) is 12.1 Å². The first-order valence-corrected chi connectivity index (χ1v) is 5.93. The third kappa shape index (κ3) is 2.90. The molecule has 17 heavy (non-hydrogen) atoms. The molecule has 1 saturated heterocycles. The lowest BCUT2D eigenvalue weighted by Crippen LogP contribution is -2.27. The van der Waals surface area contributed by atoms with Crippen LogP contribution >= 0.6 is 11.6 Å². The average Bonchev–Trinajstić information content (AvgIpc) is 2.72. The predicted molar refractivity (Wildman–Crippen MR) is 65.7 cm³/mol. The Morgan fingerprint density at radius 3 is 2.94 bits per heavy atom. The molecule has 0 aromatic heterocycles. The average molecular weight is 255 g/mol. The normalized spacial score (nSPS) is 20.6. The zero-order valence-corrected chi connectivity index (χ0v) is 10.2. The van der Waals surface area contributed by atoms with Crippen LogP contribution in [-0.4, -0.2) is 29.0 Å². The topological polar surface area (TPSA) is 66.6 Å². The summed E-state index contributed by atoms with van der Waals surface area (Å²) < 4.78 is 0. The van der Waals surface area contributed by atoms with Crippen molar-refractivity contribution in [3.63, 3.8) is 0 Å². The number of primary amides is 1. The van der Waals surface area contributed by atoms with E-state index in [1.807, 2.05) is 6.07 Å². The van der Waals surface area contributed by atoms with Gasteiger partial charge in [-0.1, -0.05) is 17.7 Å². The van der Waals surface area contributed by atoms with Crippen molar-refractivity contribution in [1.29, 1.82) is 0 Å². The Kier molecular flexibility index (Phi) is 3.54. The first kappa shape index (κ1) is 12.2. The van der Waals surface area contributed by atoms with Crippen molar-refractivity contribution < 1.29 is 9.90 Å². The van der Waals surface area contributed by atoms with E-state index in [2.05, 4.69) is 4.90 Å². The van der Waals surface area contributed by atoms with Gasteiger partial charge in [-0.15, -0.1) is 0 Å². The number of aromatic hydroxyl groups is 1. The number of phenols is 1. The highest BCUT2D eigenvalue weighted by molar-refractivity contribution is 6.32. The van der Waals surface area contributed by atoms with E-state index in [9.17, 15) is 9.90 Å². The summed E-state index contributed by atoms with van der Waals surface area (Å²) in [4.78, 5) is 13.2. The highest BCUT2D eigenvalue weighted by Gasteiger charge is 2.26. The van der Waals surface area contributed by atoms with Crippen LogP contribution in [0.15, 0.2) is 18.2 Å². The fraction of sp³-hybridized carbons (Fsp3) is 0.417. The minimum absolute atomic E-state index is 0.0393. The first-order valence-electron chi connectivity index (χ1n) is 5.55. The van der Waals surface area contributed by atoms with Crippen LogP contribution in [0.25, 0.3) is 0 Å². The summed E-state index contributed by atoms with van der Waals surface area (Å²) in [5.74, 6) is -0.175. The summed E-state index contributed by atoms with van der Waals surface area (Å²) in [6.45, 7) is 2.30. The van der Waals surface area contributed by atoms with Gasteiger partial charge >= 0.3 is 0 Å². The standard InChI is InChI=1S/C12H15ClN2O2/c13-10-5-8(1-2-11(10)16)6-15-4-3-9(7-15)12(14)17/h1-2,5,9,16H,3-4,6-7H2,(H2,14,17). The van der Waals surface area contributed by atoms with Gasteiger partial charge in [-0.3, -0.25) is 9.69 Å². The molecule has 92 valence electrons. The van der Waals surface area contributed by atoms with Crippen molar-refractivity contribution in [2.75, 3.05) is 13.1 Å². The Bertz CT molecular complexity index is 437. The van der Waals surface area contributed by atoms with Gasteiger partial charge in [-0.05, 0) is 30.7 Å². The summed E-state index contributed by atoms with van der Waals surface area (Å²) in [5.41, 5.74) is 6.30. The molecule has 1 aromatic rings. The molecule has 0 radical (unpaired) electrons. The van der Waals surface area contributed by atoms with Gasteiger partial charge in [0.05, 0.1) is 10.9 Å². The first-order chi connectivity index (χ1) is 8.06. The molecule has 1 amide bonds. The summed E-state index contributed by atoms with van der Waals surface area (Å²) in [5, 5.41) is 9.67. The molecular weight excluding hydrogens is 240 g/mol. The van der Waals surface area contributed by atoms with E-state index >= 15 is 0 Å². The summed E-state index contributed by atoms with van der Waals surface area (Å²) in [6.07, 6.45) is 0.821. The number of likely N-dealkylation sites (tertiary alicyclic amines) is 1. The Morgan fingerprint density at radius 1 is 1.59 bits per heavy atom. The number of halogens is 1. The molecule has 4 nitrogen and oxygen atoms in total. The van der Waals surface area contributed by atoms with Crippen LogP contribution in [-0.2, 0) is 11.3 Å². The predicted octanol–water partition coefficient (Wildman–Crippen LogP) is 1.35. The van der Waals surface area contributed by atoms with E-state index in [0.29, 0.717) is 11.6 Å². The van der Waals surface area contributed by atoms with Gasteiger partial charge in [-0.2, -0.15) is 0 Å². The van der Waals surface area contributed by atoms with Crippen LogP contribution in [0.4, 0.5) is 0 Å². The number of rotatable bonds is 3.